The summed E-state index contributed by atoms with van der Waals surface area (Å²) in [6.45, 7) is 3.93. The Morgan fingerprint density at radius 1 is 1.43 bits per heavy atom. The van der Waals surface area contributed by atoms with Crippen molar-refractivity contribution in [2.75, 3.05) is 18.8 Å². The number of nitrogens with zero attached hydrogens (tertiary/aromatic N) is 3. The maximum Gasteiger partial charge on any atom is 0.233 e. The molecule has 0 bridgehead atoms. The molecule has 1 N–H and O–H groups in total. The topological polar surface area (TPSA) is 61.9 Å². The molecule has 0 radical (unpaired) electrons. The van der Waals surface area contributed by atoms with Gasteiger partial charge in [-0.1, -0.05) is 30.3 Å². The number of benzene rings is 1. The molecule has 7 heteroatoms. The van der Waals surface area contributed by atoms with Crippen LogP contribution in [0.5, 0.6) is 0 Å². The average Bonchev–Trinajstić information content (AvgIpc) is 3.02. The Bertz CT molecular complexity index is 673. The zero-order chi connectivity index (χ0) is 16.2. The van der Waals surface area contributed by atoms with Crippen molar-refractivity contribution in [3.63, 3.8) is 0 Å². The summed E-state index contributed by atoms with van der Waals surface area (Å²) in [6.07, 6.45) is 2.31. The fourth-order valence-electron chi connectivity index (χ4n) is 2.68. The fourth-order valence-corrected chi connectivity index (χ4v) is 3.51. The molecule has 2 aromatic rings. The smallest absolute Gasteiger partial charge is 0.233 e. The summed E-state index contributed by atoms with van der Waals surface area (Å²) < 4.78 is 0. The summed E-state index contributed by atoms with van der Waals surface area (Å²) in [6, 6.07) is 7.40. The molecule has 1 atom stereocenters. The zero-order valence-corrected chi connectivity index (χ0v) is 14.5. The van der Waals surface area contributed by atoms with Gasteiger partial charge in [0.2, 0.25) is 11.1 Å². The number of nitrogens with one attached hydrogen (secondary N) is 1. The minimum Gasteiger partial charge on any atom is -0.342 e. The highest BCUT2D eigenvalue weighted by atomic mass is 35.5. The molecule has 0 spiro atoms. The van der Waals surface area contributed by atoms with Gasteiger partial charge in [0.15, 0.2) is 5.82 Å². The van der Waals surface area contributed by atoms with Crippen LogP contribution in [0.4, 0.5) is 0 Å². The Morgan fingerprint density at radius 3 is 2.96 bits per heavy atom. The highest BCUT2D eigenvalue weighted by molar-refractivity contribution is 7.99. The van der Waals surface area contributed by atoms with Crippen LogP contribution < -0.4 is 0 Å². The van der Waals surface area contributed by atoms with Crippen LogP contribution in [0.25, 0.3) is 11.4 Å². The molecule has 122 valence electrons. The molecule has 1 aliphatic heterocycles. The number of thioether (sulfide) groups is 1. The lowest BCUT2D eigenvalue weighted by Gasteiger charge is -2.30. The Hall–Kier alpha value is -1.53. The van der Waals surface area contributed by atoms with Gasteiger partial charge in [-0.2, -0.15) is 0 Å². The van der Waals surface area contributed by atoms with Crippen LogP contribution in [0, 0.1) is 5.92 Å². The lowest BCUT2D eigenvalue weighted by molar-refractivity contribution is -0.130. The van der Waals surface area contributed by atoms with Crippen molar-refractivity contribution in [3.8, 4) is 11.4 Å². The van der Waals surface area contributed by atoms with Crippen LogP contribution in [0.3, 0.4) is 0 Å². The molecular weight excluding hydrogens is 332 g/mol. The molecule has 1 fully saturated rings. The maximum absolute atomic E-state index is 12.3. The number of hydrogen-bond donors (Lipinski definition) is 1. The summed E-state index contributed by atoms with van der Waals surface area (Å²) in [5.41, 5.74) is 0.921. The monoisotopic (exact) mass is 350 g/mol. The number of rotatable bonds is 4. The molecule has 1 amide bonds. The highest BCUT2D eigenvalue weighted by Gasteiger charge is 2.21. The molecule has 1 unspecified atom stereocenters. The van der Waals surface area contributed by atoms with Gasteiger partial charge < -0.3 is 4.90 Å². The standard InChI is InChI=1S/C16H19ClN4OS/c1-11-3-2-8-21(9-11)14(22)10-23-16-18-15(19-20-16)12-4-6-13(17)7-5-12/h4-7,11H,2-3,8-10H2,1H3,(H,18,19,20). The summed E-state index contributed by atoms with van der Waals surface area (Å²) >= 11 is 7.25. The van der Waals surface area contributed by atoms with Crippen LogP contribution in [0.2, 0.25) is 5.02 Å². The number of halogens is 1. The first-order chi connectivity index (χ1) is 11.1. The summed E-state index contributed by atoms with van der Waals surface area (Å²) in [5, 5.41) is 8.35. The van der Waals surface area contributed by atoms with E-state index in [1.807, 2.05) is 29.2 Å². The first-order valence-corrected chi connectivity index (χ1v) is 9.07. The Labute approximate surface area is 144 Å². The number of carbonyl (C=O) groups is 1. The lowest BCUT2D eigenvalue weighted by Crippen LogP contribution is -2.40. The zero-order valence-electron chi connectivity index (χ0n) is 13.0. The van der Waals surface area contributed by atoms with Crippen molar-refractivity contribution >= 4 is 29.3 Å². The third-order valence-corrected chi connectivity index (χ3v) is 5.00. The molecule has 1 aromatic carbocycles. The first kappa shape index (κ1) is 16.3. The molecule has 1 aromatic heterocycles. The van der Waals surface area contributed by atoms with Gasteiger partial charge in [-0.05, 0) is 43.0 Å². The summed E-state index contributed by atoms with van der Waals surface area (Å²) in [4.78, 5) is 18.6. The van der Waals surface area contributed by atoms with Gasteiger partial charge >= 0.3 is 0 Å². The molecule has 1 aliphatic rings. The molecule has 23 heavy (non-hydrogen) atoms. The van der Waals surface area contributed by atoms with Crippen molar-refractivity contribution in [2.24, 2.45) is 5.92 Å². The van der Waals surface area contributed by atoms with E-state index in [0.29, 0.717) is 27.7 Å². The predicted octanol–water partition coefficient (Wildman–Crippen LogP) is 3.48. The van der Waals surface area contributed by atoms with Crippen LogP contribution in [0.1, 0.15) is 19.8 Å². The fraction of sp³-hybridized carbons (Fsp3) is 0.438. The number of hydrogen-bond acceptors (Lipinski definition) is 4. The highest BCUT2D eigenvalue weighted by Crippen LogP contribution is 2.22. The van der Waals surface area contributed by atoms with E-state index in [2.05, 4.69) is 22.1 Å². The third kappa shape index (κ3) is 4.26. The van der Waals surface area contributed by atoms with E-state index in [9.17, 15) is 4.79 Å². The van der Waals surface area contributed by atoms with E-state index < -0.39 is 0 Å². The van der Waals surface area contributed by atoms with Crippen LogP contribution in [0.15, 0.2) is 29.4 Å². The van der Waals surface area contributed by atoms with E-state index >= 15 is 0 Å². The second kappa shape index (κ2) is 7.36. The molecule has 0 saturated carbocycles. The molecule has 5 nitrogen and oxygen atoms in total. The van der Waals surface area contributed by atoms with Gasteiger partial charge in [-0.15, -0.1) is 5.10 Å². The Balaban J connectivity index is 1.56. The summed E-state index contributed by atoms with van der Waals surface area (Å²) in [5.74, 6) is 1.82. The molecule has 0 aliphatic carbocycles. The van der Waals surface area contributed by atoms with E-state index in [4.69, 9.17) is 11.6 Å². The normalized spacial score (nSPS) is 18.2. The van der Waals surface area contributed by atoms with E-state index in [-0.39, 0.29) is 5.91 Å². The minimum atomic E-state index is 0.166. The van der Waals surface area contributed by atoms with Crippen molar-refractivity contribution in [1.29, 1.82) is 0 Å². The van der Waals surface area contributed by atoms with Gasteiger partial charge in [-0.25, -0.2) is 4.98 Å². The van der Waals surface area contributed by atoms with Crippen molar-refractivity contribution < 1.29 is 4.79 Å². The minimum absolute atomic E-state index is 0.166. The number of aromatic nitrogens is 3. The number of H-pyrrole nitrogens is 1. The lowest BCUT2D eigenvalue weighted by atomic mass is 10.0. The SMILES string of the molecule is CC1CCCN(C(=O)CSc2n[nH]c(-c3ccc(Cl)cc3)n2)C1. The maximum atomic E-state index is 12.3. The van der Waals surface area contributed by atoms with E-state index in [0.717, 1.165) is 25.1 Å². The van der Waals surface area contributed by atoms with Gasteiger partial charge in [0, 0.05) is 23.7 Å². The van der Waals surface area contributed by atoms with Crippen molar-refractivity contribution in [1.82, 2.24) is 20.1 Å². The van der Waals surface area contributed by atoms with Gasteiger partial charge in [-0.3, -0.25) is 9.89 Å². The van der Waals surface area contributed by atoms with Gasteiger partial charge in [0.25, 0.3) is 0 Å². The number of amides is 1. The van der Waals surface area contributed by atoms with Crippen LogP contribution in [-0.4, -0.2) is 44.8 Å². The van der Waals surface area contributed by atoms with Crippen molar-refractivity contribution in [2.45, 2.75) is 24.9 Å². The Morgan fingerprint density at radius 2 is 2.22 bits per heavy atom. The van der Waals surface area contributed by atoms with Crippen LogP contribution >= 0.6 is 23.4 Å². The number of likely N-dealkylation sites (tertiary alicyclic amines) is 1. The molecule has 2 heterocycles. The largest absolute Gasteiger partial charge is 0.342 e. The van der Waals surface area contributed by atoms with Gasteiger partial charge in [0.1, 0.15) is 0 Å². The number of piperidine rings is 1. The molecular formula is C16H19ClN4OS. The second-order valence-corrected chi connectivity index (χ2v) is 7.23. The summed E-state index contributed by atoms with van der Waals surface area (Å²) in [7, 11) is 0. The third-order valence-electron chi connectivity index (χ3n) is 3.92. The second-order valence-electron chi connectivity index (χ2n) is 5.85. The van der Waals surface area contributed by atoms with Gasteiger partial charge in [0.05, 0.1) is 5.75 Å². The molecule has 1 saturated heterocycles. The van der Waals surface area contributed by atoms with Crippen molar-refractivity contribution in [3.05, 3.63) is 29.3 Å². The number of carbonyl (C=O) groups excluding carboxylic acids is 1. The number of aromatic amines is 1. The quantitative estimate of drug-likeness (QED) is 0.857. The first-order valence-electron chi connectivity index (χ1n) is 7.71. The molecule has 3 rings (SSSR count). The van der Waals surface area contributed by atoms with E-state index in [1.54, 1.807) is 0 Å². The van der Waals surface area contributed by atoms with Crippen LogP contribution in [-0.2, 0) is 4.79 Å². The average molecular weight is 351 g/mol. The van der Waals surface area contributed by atoms with E-state index in [1.165, 1.54) is 18.2 Å². The predicted molar refractivity (Wildman–Crippen MR) is 92.5 cm³/mol. The Kier molecular flexibility index (Phi) is 5.23.